The number of anilines is 1. The van der Waals surface area contributed by atoms with Crippen molar-refractivity contribution in [1.29, 1.82) is 0 Å². The van der Waals surface area contributed by atoms with Crippen molar-refractivity contribution in [1.82, 2.24) is 5.32 Å². The lowest BCUT2D eigenvalue weighted by molar-refractivity contribution is 0.0940. The van der Waals surface area contributed by atoms with Crippen molar-refractivity contribution < 1.29 is 4.79 Å². The fraction of sp³-hybridized carbons (Fsp3) is 0.353. The van der Waals surface area contributed by atoms with Gasteiger partial charge in [0, 0.05) is 40.5 Å². The lowest BCUT2D eigenvalue weighted by Crippen LogP contribution is -2.33. The van der Waals surface area contributed by atoms with Crippen molar-refractivity contribution >= 4 is 22.9 Å². The van der Waals surface area contributed by atoms with E-state index in [4.69, 9.17) is 0 Å². The first-order valence-electron chi connectivity index (χ1n) is 7.14. The van der Waals surface area contributed by atoms with Crippen LogP contribution in [-0.4, -0.2) is 19.0 Å². The van der Waals surface area contributed by atoms with Crippen molar-refractivity contribution in [3.63, 3.8) is 0 Å². The van der Waals surface area contributed by atoms with Crippen molar-refractivity contribution in [2.24, 2.45) is 0 Å². The minimum absolute atomic E-state index is 0.0125. The molecule has 0 aliphatic carbocycles. The summed E-state index contributed by atoms with van der Waals surface area (Å²) in [6, 6.07) is 10.1. The summed E-state index contributed by atoms with van der Waals surface area (Å²) in [5.74, 6) is -0.0125. The maximum atomic E-state index is 12.3. The molecule has 0 aliphatic rings. The molecule has 0 radical (unpaired) electrons. The molecule has 0 bridgehead atoms. The second-order valence-electron chi connectivity index (χ2n) is 5.37. The summed E-state index contributed by atoms with van der Waals surface area (Å²) in [6.45, 7) is 6.14. The molecular weight excluding hydrogens is 280 g/mol. The van der Waals surface area contributed by atoms with Gasteiger partial charge in [-0.1, -0.05) is 0 Å². The van der Waals surface area contributed by atoms with Gasteiger partial charge in [0.2, 0.25) is 0 Å². The van der Waals surface area contributed by atoms with E-state index in [0.717, 1.165) is 17.7 Å². The van der Waals surface area contributed by atoms with Gasteiger partial charge in [-0.15, -0.1) is 11.3 Å². The maximum Gasteiger partial charge on any atom is 0.251 e. The Labute approximate surface area is 130 Å². The number of carbonyl (C=O) groups excluding carboxylic acids is 1. The zero-order valence-electron chi connectivity index (χ0n) is 13.0. The molecule has 0 saturated heterocycles. The highest BCUT2D eigenvalue weighted by Crippen LogP contribution is 2.18. The van der Waals surface area contributed by atoms with Crippen molar-refractivity contribution in [3.8, 4) is 0 Å². The molecule has 2 rings (SSSR count). The standard InChI is InChI=1S/C17H22N2OS/c1-11-9-14(6-8-16(11)18-4)17(20)19-12(2)10-15-7-5-13(3)21-15/h5-9,12,18H,10H2,1-4H3,(H,19,20). The monoisotopic (exact) mass is 302 g/mol. The van der Waals surface area contributed by atoms with Gasteiger partial charge in [-0.05, 0) is 56.7 Å². The van der Waals surface area contributed by atoms with Crippen LogP contribution in [-0.2, 0) is 6.42 Å². The number of nitrogens with one attached hydrogen (secondary N) is 2. The van der Waals surface area contributed by atoms with Crippen LogP contribution in [0.25, 0.3) is 0 Å². The summed E-state index contributed by atoms with van der Waals surface area (Å²) in [4.78, 5) is 14.9. The van der Waals surface area contributed by atoms with Crippen LogP contribution in [0.3, 0.4) is 0 Å². The van der Waals surface area contributed by atoms with Gasteiger partial charge in [0.25, 0.3) is 5.91 Å². The first-order chi connectivity index (χ1) is 9.99. The minimum atomic E-state index is -0.0125. The van der Waals surface area contributed by atoms with Crippen LogP contribution in [0, 0.1) is 13.8 Å². The lowest BCUT2D eigenvalue weighted by atomic mass is 10.1. The third kappa shape index (κ3) is 4.08. The molecular formula is C17H22N2OS. The highest BCUT2D eigenvalue weighted by Gasteiger charge is 2.12. The summed E-state index contributed by atoms with van der Waals surface area (Å²) in [7, 11) is 1.88. The molecule has 21 heavy (non-hydrogen) atoms. The Kier molecular flexibility index (Phi) is 5.02. The SMILES string of the molecule is CNc1ccc(C(=O)NC(C)Cc2ccc(C)s2)cc1C. The molecule has 0 spiro atoms. The molecule has 1 amide bonds. The van der Waals surface area contributed by atoms with Crippen LogP contribution in [0.1, 0.15) is 32.6 Å². The third-order valence-electron chi connectivity index (χ3n) is 3.44. The van der Waals surface area contributed by atoms with E-state index in [0.29, 0.717) is 5.56 Å². The number of amides is 1. The Hall–Kier alpha value is -1.81. The van der Waals surface area contributed by atoms with Crippen LogP contribution >= 0.6 is 11.3 Å². The van der Waals surface area contributed by atoms with Crippen molar-refractivity contribution in [2.45, 2.75) is 33.2 Å². The quantitative estimate of drug-likeness (QED) is 0.883. The van der Waals surface area contributed by atoms with Crippen LogP contribution in [0.4, 0.5) is 5.69 Å². The van der Waals surface area contributed by atoms with E-state index in [1.807, 2.05) is 39.1 Å². The summed E-state index contributed by atoms with van der Waals surface area (Å²) in [5.41, 5.74) is 2.83. The van der Waals surface area contributed by atoms with E-state index in [2.05, 4.69) is 29.7 Å². The van der Waals surface area contributed by atoms with Crippen molar-refractivity contribution in [3.05, 3.63) is 51.2 Å². The second kappa shape index (κ2) is 6.76. The minimum Gasteiger partial charge on any atom is -0.388 e. The molecule has 2 N–H and O–H groups in total. The zero-order chi connectivity index (χ0) is 15.4. The Morgan fingerprint density at radius 2 is 2.00 bits per heavy atom. The molecule has 0 saturated carbocycles. The average molecular weight is 302 g/mol. The molecule has 1 aromatic heterocycles. The van der Waals surface area contributed by atoms with Crippen LogP contribution in [0.5, 0.6) is 0 Å². The summed E-state index contributed by atoms with van der Waals surface area (Å²) in [5, 5.41) is 6.17. The molecule has 4 heteroatoms. The smallest absolute Gasteiger partial charge is 0.251 e. The third-order valence-corrected chi connectivity index (χ3v) is 4.46. The van der Waals surface area contributed by atoms with Crippen LogP contribution in [0.2, 0.25) is 0 Å². The Balaban J connectivity index is 1.98. The Morgan fingerprint density at radius 1 is 1.24 bits per heavy atom. The van der Waals surface area contributed by atoms with Crippen molar-refractivity contribution in [2.75, 3.05) is 12.4 Å². The van der Waals surface area contributed by atoms with E-state index in [1.54, 1.807) is 11.3 Å². The molecule has 1 atom stereocenters. The fourth-order valence-corrected chi connectivity index (χ4v) is 3.36. The normalized spacial score (nSPS) is 12.0. The molecule has 0 fully saturated rings. The van der Waals surface area contributed by atoms with E-state index in [-0.39, 0.29) is 11.9 Å². The Morgan fingerprint density at radius 3 is 2.57 bits per heavy atom. The Bertz CT molecular complexity index is 633. The van der Waals surface area contributed by atoms with Gasteiger partial charge in [-0.3, -0.25) is 4.79 Å². The van der Waals surface area contributed by atoms with Crippen LogP contribution in [0.15, 0.2) is 30.3 Å². The summed E-state index contributed by atoms with van der Waals surface area (Å²) in [6.07, 6.45) is 0.873. The van der Waals surface area contributed by atoms with Gasteiger partial charge in [0.15, 0.2) is 0 Å². The van der Waals surface area contributed by atoms with Gasteiger partial charge in [0.05, 0.1) is 0 Å². The molecule has 1 aromatic carbocycles. The highest BCUT2D eigenvalue weighted by molar-refractivity contribution is 7.11. The highest BCUT2D eigenvalue weighted by atomic mass is 32.1. The predicted molar refractivity (Wildman–Crippen MR) is 90.4 cm³/mol. The molecule has 3 nitrogen and oxygen atoms in total. The number of carbonyl (C=O) groups is 1. The van der Waals surface area contributed by atoms with Gasteiger partial charge >= 0.3 is 0 Å². The number of rotatable bonds is 5. The maximum absolute atomic E-state index is 12.3. The molecule has 2 aromatic rings. The number of hydrogen-bond donors (Lipinski definition) is 2. The zero-order valence-corrected chi connectivity index (χ0v) is 13.8. The van der Waals surface area contributed by atoms with Gasteiger partial charge < -0.3 is 10.6 Å². The molecule has 0 aliphatic heterocycles. The molecule has 112 valence electrons. The molecule has 1 unspecified atom stereocenters. The second-order valence-corrected chi connectivity index (χ2v) is 6.74. The largest absolute Gasteiger partial charge is 0.388 e. The number of hydrogen-bond acceptors (Lipinski definition) is 3. The number of benzene rings is 1. The summed E-state index contributed by atoms with van der Waals surface area (Å²) < 4.78 is 0. The van der Waals surface area contributed by atoms with Crippen LogP contribution < -0.4 is 10.6 Å². The number of aryl methyl sites for hydroxylation is 2. The average Bonchev–Trinajstić information content (AvgIpc) is 2.83. The first kappa shape index (κ1) is 15.6. The van der Waals surface area contributed by atoms with E-state index in [1.165, 1.54) is 9.75 Å². The number of thiophene rings is 1. The first-order valence-corrected chi connectivity index (χ1v) is 7.96. The topological polar surface area (TPSA) is 41.1 Å². The predicted octanol–water partition coefficient (Wildman–Crippen LogP) is 3.77. The van der Waals surface area contributed by atoms with E-state index in [9.17, 15) is 4.79 Å². The van der Waals surface area contributed by atoms with E-state index < -0.39 is 0 Å². The van der Waals surface area contributed by atoms with E-state index >= 15 is 0 Å². The summed E-state index contributed by atoms with van der Waals surface area (Å²) >= 11 is 1.79. The lowest BCUT2D eigenvalue weighted by Gasteiger charge is -2.14. The molecule has 1 heterocycles. The van der Waals surface area contributed by atoms with Gasteiger partial charge in [-0.25, -0.2) is 0 Å². The van der Waals surface area contributed by atoms with Gasteiger partial charge in [-0.2, -0.15) is 0 Å². The van der Waals surface area contributed by atoms with Gasteiger partial charge in [0.1, 0.15) is 0 Å². The fourth-order valence-electron chi connectivity index (χ4n) is 2.34.